The van der Waals surface area contributed by atoms with Crippen molar-refractivity contribution >= 4 is 17.7 Å². The number of nitrogen functional groups attached to an aromatic ring is 1. The molecule has 0 bridgehead atoms. The molecule has 88 valence electrons. The molecule has 7 nitrogen and oxygen atoms in total. The molecule has 0 spiro atoms. The third kappa shape index (κ3) is 2.71. The number of nitrogens with one attached hydrogen (secondary N) is 2. The van der Waals surface area contributed by atoms with Gasteiger partial charge in [-0.2, -0.15) is 4.98 Å². The molecule has 0 aromatic carbocycles. The Balaban J connectivity index is 2.00. The number of carbonyl (C=O) groups is 1. The van der Waals surface area contributed by atoms with Crippen molar-refractivity contribution in [2.24, 2.45) is 0 Å². The number of hydrogen-bond acceptors (Lipinski definition) is 6. The normalized spacial score (nSPS) is 9.94. The highest BCUT2D eigenvalue weighted by Gasteiger charge is 2.07. The van der Waals surface area contributed by atoms with Crippen molar-refractivity contribution in [2.45, 2.75) is 6.92 Å². The number of carbonyl (C=O) groups excluding carboxylic acids is 1. The second-order valence-electron chi connectivity index (χ2n) is 3.31. The van der Waals surface area contributed by atoms with E-state index < -0.39 is 5.91 Å². The third-order valence-corrected chi connectivity index (χ3v) is 1.92. The van der Waals surface area contributed by atoms with Crippen LogP contribution in [0.3, 0.4) is 0 Å². The van der Waals surface area contributed by atoms with E-state index in [1.807, 2.05) is 0 Å². The maximum absolute atomic E-state index is 11.5. The Labute approximate surface area is 97.0 Å². The van der Waals surface area contributed by atoms with Crippen molar-refractivity contribution < 1.29 is 9.21 Å². The first-order valence-corrected chi connectivity index (χ1v) is 4.86. The molecule has 0 aliphatic carbocycles. The molecule has 1 amide bonds. The Hall–Kier alpha value is -2.57. The highest BCUT2D eigenvalue weighted by Crippen LogP contribution is 2.06. The molecule has 0 atom stereocenters. The Kier molecular flexibility index (Phi) is 2.91. The van der Waals surface area contributed by atoms with E-state index in [-0.39, 0.29) is 11.7 Å². The van der Waals surface area contributed by atoms with Crippen molar-refractivity contribution in [3.8, 4) is 0 Å². The van der Waals surface area contributed by atoms with Gasteiger partial charge in [-0.15, -0.1) is 0 Å². The standard InChI is InChI=1S/C10H11N5O2/c1-6-5-8(13-10(11)12-6)14-15-9(16)7-3-2-4-17-7/h2-5H,1H3,(H,15,16)(H3,11,12,13,14). The van der Waals surface area contributed by atoms with Crippen molar-refractivity contribution in [3.63, 3.8) is 0 Å². The molecule has 4 N–H and O–H groups in total. The monoisotopic (exact) mass is 233 g/mol. The zero-order chi connectivity index (χ0) is 12.3. The van der Waals surface area contributed by atoms with Crippen molar-refractivity contribution in [3.05, 3.63) is 35.9 Å². The Bertz CT molecular complexity index is 503. The molecular formula is C10H11N5O2. The summed E-state index contributed by atoms with van der Waals surface area (Å²) in [5, 5.41) is 0. The van der Waals surface area contributed by atoms with E-state index in [0.717, 1.165) is 0 Å². The second kappa shape index (κ2) is 4.52. The third-order valence-electron chi connectivity index (χ3n) is 1.92. The minimum atomic E-state index is -0.398. The van der Waals surface area contributed by atoms with E-state index in [0.29, 0.717) is 11.5 Å². The number of rotatable bonds is 3. The van der Waals surface area contributed by atoms with Gasteiger partial charge in [0.2, 0.25) is 5.95 Å². The fourth-order valence-corrected chi connectivity index (χ4v) is 1.25. The van der Waals surface area contributed by atoms with E-state index in [9.17, 15) is 4.79 Å². The molecule has 17 heavy (non-hydrogen) atoms. The van der Waals surface area contributed by atoms with Crippen molar-refractivity contribution in [2.75, 3.05) is 11.2 Å². The Morgan fingerprint density at radius 3 is 2.94 bits per heavy atom. The molecular weight excluding hydrogens is 222 g/mol. The van der Waals surface area contributed by atoms with E-state index in [1.54, 1.807) is 25.1 Å². The summed E-state index contributed by atoms with van der Waals surface area (Å²) >= 11 is 0. The Morgan fingerprint density at radius 1 is 1.47 bits per heavy atom. The maximum Gasteiger partial charge on any atom is 0.305 e. The predicted octanol–water partition coefficient (Wildman–Crippen LogP) is 0.717. The fraction of sp³-hybridized carbons (Fsp3) is 0.100. The molecule has 7 heteroatoms. The topological polar surface area (TPSA) is 106 Å². The summed E-state index contributed by atoms with van der Waals surface area (Å²) in [6.45, 7) is 1.78. The van der Waals surface area contributed by atoms with Gasteiger partial charge in [0, 0.05) is 11.8 Å². The highest BCUT2D eigenvalue weighted by molar-refractivity contribution is 5.92. The lowest BCUT2D eigenvalue weighted by molar-refractivity contribution is 0.0935. The van der Waals surface area contributed by atoms with Crippen LogP contribution in [-0.4, -0.2) is 15.9 Å². The van der Waals surface area contributed by atoms with Gasteiger partial charge >= 0.3 is 5.91 Å². The van der Waals surface area contributed by atoms with E-state index in [4.69, 9.17) is 10.2 Å². The van der Waals surface area contributed by atoms with Crippen LogP contribution in [0.5, 0.6) is 0 Å². The lowest BCUT2D eigenvalue weighted by Gasteiger charge is -2.07. The van der Waals surface area contributed by atoms with Gasteiger partial charge in [0.1, 0.15) is 5.82 Å². The number of aryl methyl sites for hydroxylation is 1. The van der Waals surface area contributed by atoms with E-state index in [2.05, 4.69) is 20.8 Å². The van der Waals surface area contributed by atoms with Crippen molar-refractivity contribution in [1.82, 2.24) is 15.4 Å². The van der Waals surface area contributed by atoms with Crippen molar-refractivity contribution in [1.29, 1.82) is 0 Å². The number of amides is 1. The minimum Gasteiger partial charge on any atom is -0.459 e. The molecule has 0 radical (unpaired) electrons. The Morgan fingerprint density at radius 2 is 2.29 bits per heavy atom. The summed E-state index contributed by atoms with van der Waals surface area (Å²) < 4.78 is 4.92. The van der Waals surface area contributed by atoms with Gasteiger partial charge in [-0.1, -0.05) is 0 Å². The van der Waals surface area contributed by atoms with E-state index in [1.165, 1.54) is 6.26 Å². The lowest BCUT2D eigenvalue weighted by Crippen LogP contribution is -2.29. The van der Waals surface area contributed by atoms with Crippen LogP contribution in [-0.2, 0) is 0 Å². The minimum absolute atomic E-state index is 0.139. The number of nitrogens with two attached hydrogens (primary N) is 1. The SMILES string of the molecule is Cc1cc(NNC(=O)c2ccco2)nc(N)n1. The largest absolute Gasteiger partial charge is 0.459 e. The predicted molar refractivity (Wildman–Crippen MR) is 61.0 cm³/mol. The first-order chi connectivity index (χ1) is 8.15. The first-order valence-electron chi connectivity index (χ1n) is 4.86. The van der Waals surface area contributed by atoms with Crippen LogP contribution in [0.15, 0.2) is 28.9 Å². The average molecular weight is 233 g/mol. The zero-order valence-electron chi connectivity index (χ0n) is 9.10. The maximum atomic E-state index is 11.5. The van der Waals surface area contributed by atoms with Gasteiger partial charge in [0.25, 0.3) is 0 Å². The van der Waals surface area contributed by atoms with Gasteiger partial charge in [0.15, 0.2) is 5.76 Å². The molecule has 0 unspecified atom stereocenters. The number of hydrogen-bond donors (Lipinski definition) is 3. The fourth-order valence-electron chi connectivity index (χ4n) is 1.25. The lowest BCUT2D eigenvalue weighted by atomic mass is 10.4. The number of nitrogens with zero attached hydrogens (tertiary/aromatic N) is 2. The molecule has 0 fully saturated rings. The van der Waals surface area contributed by atoms with Crippen LogP contribution in [0.2, 0.25) is 0 Å². The van der Waals surface area contributed by atoms with Gasteiger partial charge in [-0.05, 0) is 19.1 Å². The smallest absolute Gasteiger partial charge is 0.305 e. The molecule has 2 aromatic rings. The number of anilines is 2. The summed E-state index contributed by atoms with van der Waals surface area (Å²) in [5.74, 6) is 0.357. The van der Waals surface area contributed by atoms with Crippen LogP contribution in [0.1, 0.15) is 16.2 Å². The number of hydrazine groups is 1. The van der Waals surface area contributed by atoms with Gasteiger partial charge in [-0.25, -0.2) is 4.98 Å². The zero-order valence-corrected chi connectivity index (χ0v) is 9.10. The van der Waals surface area contributed by atoms with E-state index >= 15 is 0 Å². The van der Waals surface area contributed by atoms with Crippen LogP contribution >= 0.6 is 0 Å². The van der Waals surface area contributed by atoms with Gasteiger partial charge in [-0.3, -0.25) is 15.6 Å². The summed E-state index contributed by atoms with van der Waals surface area (Å²) in [5.41, 5.74) is 11.2. The van der Waals surface area contributed by atoms with Crippen LogP contribution < -0.4 is 16.6 Å². The van der Waals surface area contributed by atoms with Crippen LogP contribution in [0.4, 0.5) is 11.8 Å². The molecule has 0 aliphatic rings. The number of aromatic nitrogens is 2. The number of furan rings is 1. The summed E-state index contributed by atoms with van der Waals surface area (Å²) in [6, 6.07) is 4.83. The van der Waals surface area contributed by atoms with Crippen LogP contribution in [0.25, 0.3) is 0 Å². The molecule has 2 rings (SSSR count). The van der Waals surface area contributed by atoms with Crippen LogP contribution in [0, 0.1) is 6.92 Å². The molecule has 0 aliphatic heterocycles. The quantitative estimate of drug-likeness (QED) is 0.674. The average Bonchev–Trinajstić information content (AvgIpc) is 2.78. The first kappa shape index (κ1) is 10.9. The molecule has 2 heterocycles. The van der Waals surface area contributed by atoms with Gasteiger partial charge in [0.05, 0.1) is 6.26 Å². The molecule has 0 saturated carbocycles. The second-order valence-corrected chi connectivity index (χ2v) is 3.31. The summed E-state index contributed by atoms with van der Waals surface area (Å²) in [7, 11) is 0. The summed E-state index contributed by atoms with van der Waals surface area (Å²) in [6.07, 6.45) is 1.42. The molecule has 0 saturated heterocycles. The highest BCUT2D eigenvalue weighted by atomic mass is 16.3. The van der Waals surface area contributed by atoms with Gasteiger partial charge < -0.3 is 10.2 Å². The summed E-state index contributed by atoms with van der Waals surface area (Å²) in [4.78, 5) is 19.3. The molecule has 2 aromatic heterocycles.